The highest BCUT2D eigenvalue weighted by Crippen LogP contribution is 2.15. The fraction of sp³-hybridized carbons (Fsp3) is 0.444. The van der Waals surface area contributed by atoms with E-state index < -0.39 is 17.3 Å². The second-order valence-electron chi connectivity index (χ2n) is 3.59. The molecule has 6 heteroatoms. The van der Waals surface area contributed by atoms with Gasteiger partial charge in [0.25, 0.3) is 0 Å². The van der Waals surface area contributed by atoms with Gasteiger partial charge in [0.2, 0.25) is 5.91 Å². The Kier molecular flexibility index (Phi) is 3.41. The highest BCUT2D eigenvalue weighted by Gasteiger charge is 2.35. The fourth-order valence-electron chi connectivity index (χ4n) is 0.814. The van der Waals surface area contributed by atoms with Crippen molar-refractivity contribution < 1.29 is 14.7 Å². The summed E-state index contributed by atoms with van der Waals surface area (Å²) in [5, 5.41) is 13.1. The van der Waals surface area contributed by atoms with E-state index in [1.54, 1.807) is 10.9 Å². The summed E-state index contributed by atoms with van der Waals surface area (Å²) in [7, 11) is 0. The Balaban J connectivity index is 2.53. The number of aliphatic carboxylic acids is 1. The minimum atomic E-state index is -1.41. The third-order valence-corrected chi connectivity index (χ3v) is 2.65. The predicted octanol–water partition coefficient (Wildman–Crippen LogP) is 0.870. The molecule has 82 valence electrons. The van der Waals surface area contributed by atoms with Crippen LogP contribution in [-0.4, -0.2) is 22.0 Å². The van der Waals surface area contributed by atoms with E-state index in [1.807, 2.05) is 0 Å². The van der Waals surface area contributed by atoms with Crippen LogP contribution in [0.25, 0.3) is 0 Å². The maximum atomic E-state index is 11.5. The minimum Gasteiger partial charge on any atom is -0.480 e. The Morgan fingerprint density at radius 1 is 1.60 bits per heavy atom. The Hall–Kier alpha value is -1.43. The van der Waals surface area contributed by atoms with E-state index in [2.05, 4.69) is 10.3 Å². The molecule has 0 unspecified atom stereocenters. The van der Waals surface area contributed by atoms with E-state index in [9.17, 15) is 9.59 Å². The molecule has 0 aliphatic heterocycles. The molecule has 15 heavy (non-hydrogen) atoms. The van der Waals surface area contributed by atoms with Gasteiger partial charge >= 0.3 is 5.97 Å². The van der Waals surface area contributed by atoms with E-state index in [4.69, 9.17) is 5.11 Å². The number of nitrogens with one attached hydrogen (secondary N) is 1. The van der Waals surface area contributed by atoms with E-state index in [0.29, 0.717) is 0 Å². The average molecular weight is 228 g/mol. The van der Waals surface area contributed by atoms with E-state index in [1.165, 1.54) is 25.2 Å². The largest absolute Gasteiger partial charge is 0.480 e. The molecular weight excluding hydrogens is 216 g/mol. The molecule has 0 saturated heterocycles. The molecule has 0 radical (unpaired) electrons. The van der Waals surface area contributed by atoms with Crippen molar-refractivity contribution in [2.24, 2.45) is 5.41 Å². The van der Waals surface area contributed by atoms with Crippen LogP contribution < -0.4 is 5.32 Å². The first kappa shape index (κ1) is 11.6. The number of amides is 1. The molecule has 1 amide bonds. The van der Waals surface area contributed by atoms with Crippen molar-refractivity contribution in [3.05, 3.63) is 16.6 Å². The van der Waals surface area contributed by atoms with Crippen molar-refractivity contribution in [1.82, 2.24) is 10.3 Å². The van der Waals surface area contributed by atoms with Crippen molar-refractivity contribution in [3.63, 3.8) is 0 Å². The van der Waals surface area contributed by atoms with Gasteiger partial charge < -0.3 is 10.4 Å². The first-order valence-electron chi connectivity index (χ1n) is 4.33. The van der Waals surface area contributed by atoms with Crippen LogP contribution in [0.1, 0.15) is 19.5 Å². The van der Waals surface area contributed by atoms with E-state index in [-0.39, 0.29) is 6.54 Å². The summed E-state index contributed by atoms with van der Waals surface area (Å²) in [6, 6.07) is 0. The Labute approximate surface area is 91.1 Å². The molecule has 1 heterocycles. The summed E-state index contributed by atoms with van der Waals surface area (Å²) in [5.74, 6) is -1.65. The van der Waals surface area contributed by atoms with Gasteiger partial charge in [0.05, 0.1) is 17.7 Å². The van der Waals surface area contributed by atoms with Crippen LogP contribution in [0, 0.1) is 5.41 Å². The molecule has 0 atom stereocenters. The predicted molar refractivity (Wildman–Crippen MR) is 55.4 cm³/mol. The molecule has 5 nitrogen and oxygen atoms in total. The number of hydrogen-bond acceptors (Lipinski definition) is 4. The third-order valence-electron chi connectivity index (χ3n) is 2.02. The molecule has 0 aliphatic rings. The van der Waals surface area contributed by atoms with Crippen LogP contribution >= 0.6 is 11.3 Å². The van der Waals surface area contributed by atoms with Crippen molar-refractivity contribution in [3.8, 4) is 0 Å². The Bertz CT molecular complexity index is 359. The van der Waals surface area contributed by atoms with Crippen LogP contribution in [0.5, 0.6) is 0 Å². The van der Waals surface area contributed by atoms with Gasteiger partial charge in [-0.3, -0.25) is 9.59 Å². The topological polar surface area (TPSA) is 79.3 Å². The SMILES string of the molecule is CC(C)(C(=O)O)C(=O)NCc1cscn1. The molecule has 0 saturated carbocycles. The second kappa shape index (κ2) is 4.39. The van der Waals surface area contributed by atoms with Gasteiger partial charge in [-0.2, -0.15) is 0 Å². The van der Waals surface area contributed by atoms with Crippen molar-refractivity contribution >= 4 is 23.2 Å². The van der Waals surface area contributed by atoms with Gasteiger partial charge in [0.1, 0.15) is 5.41 Å². The molecule has 0 aliphatic carbocycles. The summed E-state index contributed by atoms with van der Waals surface area (Å²) in [6.07, 6.45) is 0. The lowest BCUT2D eigenvalue weighted by molar-refractivity contribution is -0.153. The minimum absolute atomic E-state index is 0.263. The average Bonchev–Trinajstić information content (AvgIpc) is 2.66. The maximum absolute atomic E-state index is 11.5. The number of aromatic nitrogens is 1. The van der Waals surface area contributed by atoms with Gasteiger partial charge in [-0.05, 0) is 13.8 Å². The van der Waals surface area contributed by atoms with Crippen molar-refractivity contribution in [2.75, 3.05) is 0 Å². The summed E-state index contributed by atoms with van der Waals surface area (Å²) < 4.78 is 0. The summed E-state index contributed by atoms with van der Waals surface area (Å²) in [6.45, 7) is 3.00. The maximum Gasteiger partial charge on any atom is 0.318 e. The highest BCUT2D eigenvalue weighted by molar-refractivity contribution is 7.07. The molecule has 0 fully saturated rings. The van der Waals surface area contributed by atoms with Crippen LogP contribution in [0.4, 0.5) is 0 Å². The van der Waals surface area contributed by atoms with Gasteiger partial charge in [-0.15, -0.1) is 11.3 Å². The van der Waals surface area contributed by atoms with Crippen LogP contribution in [0.15, 0.2) is 10.9 Å². The molecular formula is C9H12N2O3S. The fourth-order valence-corrected chi connectivity index (χ4v) is 1.37. The number of rotatable bonds is 4. The monoisotopic (exact) mass is 228 g/mol. The highest BCUT2D eigenvalue weighted by atomic mass is 32.1. The summed E-state index contributed by atoms with van der Waals surface area (Å²) in [5.41, 5.74) is 0.981. The quantitative estimate of drug-likeness (QED) is 0.749. The van der Waals surface area contributed by atoms with E-state index in [0.717, 1.165) is 5.69 Å². The van der Waals surface area contributed by atoms with Gasteiger partial charge in [-0.25, -0.2) is 4.98 Å². The van der Waals surface area contributed by atoms with Gasteiger partial charge in [0.15, 0.2) is 0 Å². The zero-order valence-corrected chi connectivity index (χ0v) is 9.30. The smallest absolute Gasteiger partial charge is 0.318 e. The number of carboxylic acid groups (broad SMARTS) is 1. The summed E-state index contributed by atoms with van der Waals surface area (Å²) in [4.78, 5) is 26.2. The van der Waals surface area contributed by atoms with Crippen LogP contribution in [0.3, 0.4) is 0 Å². The number of hydrogen-bond donors (Lipinski definition) is 2. The molecule has 0 bridgehead atoms. The third kappa shape index (κ3) is 2.76. The lowest BCUT2D eigenvalue weighted by Gasteiger charge is -2.17. The molecule has 1 aromatic heterocycles. The standard InChI is InChI=1S/C9H12N2O3S/c1-9(2,8(13)14)7(12)10-3-6-4-15-5-11-6/h4-5H,3H2,1-2H3,(H,10,12)(H,13,14). The van der Waals surface area contributed by atoms with Gasteiger partial charge in [-0.1, -0.05) is 0 Å². The zero-order chi connectivity index (χ0) is 11.5. The molecule has 1 rings (SSSR count). The zero-order valence-electron chi connectivity index (χ0n) is 8.48. The van der Waals surface area contributed by atoms with Crippen LogP contribution in [0.2, 0.25) is 0 Å². The van der Waals surface area contributed by atoms with Crippen molar-refractivity contribution in [2.45, 2.75) is 20.4 Å². The molecule has 0 aromatic carbocycles. The number of thiazole rings is 1. The van der Waals surface area contributed by atoms with Gasteiger partial charge in [0, 0.05) is 5.38 Å². The molecule has 0 spiro atoms. The second-order valence-corrected chi connectivity index (χ2v) is 4.31. The number of carbonyl (C=O) groups excluding carboxylic acids is 1. The number of nitrogens with zero attached hydrogens (tertiary/aromatic N) is 1. The van der Waals surface area contributed by atoms with Crippen molar-refractivity contribution in [1.29, 1.82) is 0 Å². The normalized spacial score (nSPS) is 11.1. The van der Waals surface area contributed by atoms with Crippen LogP contribution in [-0.2, 0) is 16.1 Å². The Morgan fingerprint density at radius 2 is 2.27 bits per heavy atom. The lowest BCUT2D eigenvalue weighted by atomic mass is 9.93. The first-order valence-corrected chi connectivity index (χ1v) is 5.27. The Morgan fingerprint density at radius 3 is 2.73 bits per heavy atom. The number of carbonyl (C=O) groups is 2. The lowest BCUT2D eigenvalue weighted by Crippen LogP contribution is -2.42. The molecule has 2 N–H and O–H groups in total. The number of carboxylic acids is 1. The molecule has 1 aromatic rings. The first-order chi connectivity index (χ1) is 6.94. The van der Waals surface area contributed by atoms with E-state index >= 15 is 0 Å². The summed E-state index contributed by atoms with van der Waals surface area (Å²) >= 11 is 1.43.